The molecule has 4 rings (SSSR count). The third-order valence-electron chi connectivity index (χ3n) is 5.08. The molecule has 0 unspecified atom stereocenters. The van der Waals surface area contributed by atoms with Crippen LogP contribution in [0, 0.1) is 10.1 Å². The van der Waals surface area contributed by atoms with Gasteiger partial charge in [0.25, 0.3) is 5.69 Å². The average molecular weight is 469 g/mol. The number of nitro groups is 1. The minimum absolute atomic E-state index is 0.0665. The quantitative estimate of drug-likeness (QED) is 0.521. The fourth-order valence-corrected chi connectivity index (χ4v) is 7.38. The van der Waals surface area contributed by atoms with Gasteiger partial charge in [-0.2, -0.15) is 0 Å². The Morgan fingerprint density at radius 2 is 2.07 bits per heavy atom. The first kappa shape index (κ1) is 20.8. The molecular weight excluding hydrogens is 452 g/mol. The molecule has 2 aliphatic heterocycles. The van der Waals surface area contributed by atoms with Crippen LogP contribution in [-0.4, -0.2) is 51.7 Å². The molecule has 1 N–H and O–H groups in total. The lowest BCUT2D eigenvalue weighted by atomic mass is 10.2. The Hall–Kier alpha value is -2.51. The first-order valence-electron chi connectivity index (χ1n) is 8.84. The van der Waals surface area contributed by atoms with Gasteiger partial charge in [-0.05, 0) is 25.5 Å². The molecule has 1 aromatic heterocycles. The normalized spacial score (nSPS) is 23.4. The highest BCUT2D eigenvalue weighted by Crippen LogP contribution is 2.47. The maximum absolute atomic E-state index is 12.7. The summed E-state index contributed by atoms with van der Waals surface area (Å²) in [7, 11) is -3.93. The van der Waals surface area contributed by atoms with E-state index in [1.54, 1.807) is 16.7 Å². The summed E-state index contributed by atoms with van der Waals surface area (Å²) in [5.41, 5.74) is -0.218. The molecule has 3 heterocycles. The van der Waals surface area contributed by atoms with Crippen molar-refractivity contribution in [2.75, 3.05) is 11.1 Å². The monoisotopic (exact) mass is 468 g/mol. The number of nitro benzene ring substituents is 1. The number of hydrogen-bond donors (Lipinski definition) is 1. The van der Waals surface area contributed by atoms with Crippen molar-refractivity contribution in [2.45, 2.75) is 39.8 Å². The van der Waals surface area contributed by atoms with Crippen molar-refractivity contribution in [3.8, 4) is 0 Å². The van der Waals surface area contributed by atoms with Gasteiger partial charge in [0.15, 0.2) is 5.13 Å². The number of benzene rings is 1. The van der Waals surface area contributed by atoms with Crippen LogP contribution in [-0.2, 0) is 19.4 Å². The number of amides is 2. The van der Waals surface area contributed by atoms with Crippen LogP contribution in [0.4, 0.5) is 10.8 Å². The maximum Gasteiger partial charge on any atom is 0.269 e. The maximum atomic E-state index is 12.7. The van der Waals surface area contributed by atoms with Crippen molar-refractivity contribution >= 4 is 55.6 Å². The molecule has 2 amide bonds. The highest BCUT2D eigenvalue weighted by molar-refractivity contribution is 8.01. The molecule has 0 aliphatic carbocycles. The lowest BCUT2D eigenvalue weighted by Crippen LogP contribution is -2.48. The second-order valence-corrected chi connectivity index (χ2v) is 11.7. The number of anilines is 1. The summed E-state index contributed by atoms with van der Waals surface area (Å²) in [4.78, 5) is 40.1. The highest BCUT2D eigenvalue weighted by Gasteiger charge is 2.53. The molecule has 0 spiro atoms. The number of hydrogen-bond acceptors (Lipinski definition) is 9. The van der Waals surface area contributed by atoms with Crippen LogP contribution < -0.4 is 5.32 Å². The SMILES string of the molecule is C[C@]12CCC(=O)N1[C@H](C(=O)Nc1ncc(S(=O)(=O)c3ccc([N+](=O)[O-])cc3)s1)CS2. The number of aromatic nitrogens is 1. The van der Waals surface area contributed by atoms with Crippen molar-refractivity contribution in [2.24, 2.45) is 0 Å². The van der Waals surface area contributed by atoms with E-state index >= 15 is 0 Å². The van der Waals surface area contributed by atoms with E-state index < -0.39 is 26.7 Å². The number of non-ortho nitro benzene ring substituents is 1. The third kappa shape index (κ3) is 3.46. The van der Waals surface area contributed by atoms with Gasteiger partial charge in [-0.15, -0.1) is 11.8 Å². The van der Waals surface area contributed by atoms with Crippen molar-refractivity contribution in [1.82, 2.24) is 9.88 Å². The summed E-state index contributed by atoms with van der Waals surface area (Å²) in [6, 6.07) is 3.90. The topological polar surface area (TPSA) is 140 Å². The number of fused-ring (bicyclic) bond motifs is 1. The summed E-state index contributed by atoms with van der Waals surface area (Å²) in [5, 5.41) is 13.5. The van der Waals surface area contributed by atoms with Crippen LogP contribution >= 0.6 is 23.1 Å². The largest absolute Gasteiger partial charge is 0.315 e. The molecule has 10 nitrogen and oxygen atoms in total. The molecular formula is C17H16N4O6S3. The Morgan fingerprint density at radius 3 is 2.73 bits per heavy atom. The van der Waals surface area contributed by atoms with E-state index in [2.05, 4.69) is 10.3 Å². The van der Waals surface area contributed by atoms with Gasteiger partial charge in [-0.25, -0.2) is 13.4 Å². The molecule has 2 fully saturated rings. The zero-order valence-electron chi connectivity index (χ0n) is 15.6. The van der Waals surface area contributed by atoms with Crippen LogP contribution in [0.25, 0.3) is 0 Å². The van der Waals surface area contributed by atoms with Crippen LogP contribution in [0.5, 0.6) is 0 Å². The van der Waals surface area contributed by atoms with Crippen molar-refractivity contribution in [1.29, 1.82) is 0 Å². The summed E-state index contributed by atoms with van der Waals surface area (Å²) >= 11 is 2.34. The Morgan fingerprint density at radius 1 is 1.37 bits per heavy atom. The Balaban J connectivity index is 1.51. The lowest BCUT2D eigenvalue weighted by Gasteiger charge is -2.29. The molecule has 2 saturated heterocycles. The summed E-state index contributed by atoms with van der Waals surface area (Å²) in [6.45, 7) is 1.94. The van der Waals surface area contributed by atoms with Gasteiger partial charge < -0.3 is 10.2 Å². The molecule has 2 atom stereocenters. The number of nitrogens with zero attached hydrogens (tertiary/aromatic N) is 3. The molecule has 0 radical (unpaired) electrons. The molecule has 13 heteroatoms. The highest BCUT2D eigenvalue weighted by atomic mass is 32.2. The van der Waals surface area contributed by atoms with Crippen LogP contribution in [0.15, 0.2) is 39.6 Å². The zero-order valence-corrected chi connectivity index (χ0v) is 18.1. The molecule has 30 heavy (non-hydrogen) atoms. The average Bonchev–Trinajstić information content (AvgIpc) is 3.38. The van der Waals surface area contributed by atoms with Gasteiger partial charge in [-0.1, -0.05) is 11.3 Å². The number of nitrogens with one attached hydrogen (secondary N) is 1. The number of thioether (sulfide) groups is 1. The molecule has 1 aromatic carbocycles. The van der Waals surface area contributed by atoms with Crippen LogP contribution in [0.3, 0.4) is 0 Å². The third-order valence-corrected chi connectivity index (χ3v) is 9.73. The number of carbonyl (C=O) groups is 2. The molecule has 0 bridgehead atoms. The smallest absolute Gasteiger partial charge is 0.269 e. The van der Waals surface area contributed by atoms with Crippen LogP contribution in [0.2, 0.25) is 0 Å². The van der Waals surface area contributed by atoms with E-state index in [0.29, 0.717) is 18.6 Å². The van der Waals surface area contributed by atoms with E-state index in [-0.39, 0.29) is 30.7 Å². The number of carbonyl (C=O) groups excluding carboxylic acids is 2. The molecule has 158 valence electrons. The minimum atomic E-state index is -3.93. The van der Waals surface area contributed by atoms with E-state index in [0.717, 1.165) is 41.8 Å². The van der Waals surface area contributed by atoms with E-state index in [1.165, 1.54) is 0 Å². The van der Waals surface area contributed by atoms with Gasteiger partial charge in [0.2, 0.25) is 21.7 Å². The van der Waals surface area contributed by atoms with Gasteiger partial charge in [0.1, 0.15) is 10.3 Å². The van der Waals surface area contributed by atoms with E-state index in [9.17, 15) is 28.1 Å². The van der Waals surface area contributed by atoms with Gasteiger partial charge in [-0.3, -0.25) is 19.7 Å². The van der Waals surface area contributed by atoms with Gasteiger partial charge in [0, 0.05) is 24.3 Å². The van der Waals surface area contributed by atoms with E-state index in [4.69, 9.17) is 0 Å². The van der Waals surface area contributed by atoms with Gasteiger partial charge in [0.05, 0.1) is 20.9 Å². The molecule has 0 saturated carbocycles. The second-order valence-electron chi connectivity index (χ2n) is 6.99. The number of sulfone groups is 1. The van der Waals surface area contributed by atoms with Crippen molar-refractivity contribution < 1.29 is 22.9 Å². The summed E-state index contributed by atoms with van der Waals surface area (Å²) in [6.07, 6.45) is 2.23. The zero-order chi connectivity index (χ0) is 21.7. The first-order chi connectivity index (χ1) is 14.1. The lowest BCUT2D eigenvalue weighted by molar-refractivity contribution is -0.384. The van der Waals surface area contributed by atoms with Gasteiger partial charge >= 0.3 is 0 Å². The predicted molar refractivity (Wildman–Crippen MR) is 110 cm³/mol. The van der Waals surface area contributed by atoms with Crippen LogP contribution in [0.1, 0.15) is 19.8 Å². The minimum Gasteiger partial charge on any atom is -0.315 e. The summed E-state index contributed by atoms with van der Waals surface area (Å²) < 4.78 is 25.4. The molecule has 2 aliphatic rings. The predicted octanol–water partition coefficient (Wildman–Crippen LogP) is 2.28. The van der Waals surface area contributed by atoms with Crippen molar-refractivity contribution in [3.05, 3.63) is 40.6 Å². The fraction of sp³-hybridized carbons (Fsp3) is 0.353. The summed E-state index contributed by atoms with van der Waals surface area (Å²) in [5.74, 6) is -0.00809. The fourth-order valence-electron chi connectivity index (χ4n) is 3.51. The second kappa shape index (κ2) is 7.32. The number of thiazole rings is 1. The Kier molecular flexibility index (Phi) is 5.06. The first-order valence-corrected chi connectivity index (χ1v) is 12.1. The number of rotatable bonds is 5. The molecule has 2 aromatic rings. The standard InChI is InChI=1S/C17H16N4O6S3/c1-17-7-6-13(22)20(17)12(9-28-17)15(23)19-16-18-8-14(29-16)30(26,27)11-4-2-10(3-5-11)21(24)25/h2-5,8,12H,6-7,9H2,1H3,(H,18,19,23)/t12-,17-/m0/s1. The van der Waals surface area contributed by atoms with Crippen molar-refractivity contribution in [3.63, 3.8) is 0 Å². The Labute approximate surface area is 179 Å². The Bertz CT molecular complexity index is 1150. The van der Waals surface area contributed by atoms with E-state index in [1.807, 2.05) is 6.92 Å².